The number of hydrogen-bond donors (Lipinski definition) is 1. The van der Waals surface area contributed by atoms with E-state index in [4.69, 9.17) is 9.47 Å². The largest absolute Gasteiger partial charge is 0.461 e. The van der Waals surface area contributed by atoms with Crippen LogP contribution in [0.5, 0.6) is 0 Å². The van der Waals surface area contributed by atoms with E-state index in [0.29, 0.717) is 0 Å². The number of ether oxygens (including phenoxy) is 2. The number of nitrogens with one attached hydrogen (secondary N) is 1. The summed E-state index contributed by atoms with van der Waals surface area (Å²) in [5.41, 5.74) is 1.33. The van der Waals surface area contributed by atoms with Crippen LogP contribution in [0.2, 0.25) is 0 Å². The second-order valence-electron chi connectivity index (χ2n) is 9.59. The molecular formula is C31H35NO4. The molecule has 188 valence electrons. The third kappa shape index (κ3) is 6.92. The highest BCUT2D eigenvalue weighted by Crippen LogP contribution is 2.37. The van der Waals surface area contributed by atoms with Gasteiger partial charge in [0.05, 0.1) is 5.54 Å². The third-order valence-electron chi connectivity index (χ3n) is 5.70. The van der Waals surface area contributed by atoms with Crippen molar-refractivity contribution in [1.29, 1.82) is 0 Å². The monoisotopic (exact) mass is 485 g/mol. The highest BCUT2D eigenvalue weighted by Gasteiger charge is 2.40. The van der Waals surface area contributed by atoms with Gasteiger partial charge in [-0.1, -0.05) is 104 Å². The molecule has 5 nitrogen and oxygen atoms in total. The SMILES string of the molecule is C=CCOC(=O)CC[C@H](NC(c1ccccc1)(c1ccccc1)c1ccccc1)C(=O)OC(C)(C)C. The van der Waals surface area contributed by atoms with Crippen LogP contribution in [0.25, 0.3) is 0 Å². The smallest absolute Gasteiger partial charge is 0.323 e. The zero-order valence-electron chi connectivity index (χ0n) is 21.3. The summed E-state index contributed by atoms with van der Waals surface area (Å²) in [5.74, 6) is -0.818. The molecule has 36 heavy (non-hydrogen) atoms. The predicted octanol–water partition coefficient (Wildman–Crippen LogP) is 5.79. The molecule has 3 aromatic carbocycles. The van der Waals surface area contributed by atoms with E-state index in [2.05, 4.69) is 11.9 Å². The average Bonchev–Trinajstić information content (AvgIpc) is 2.88. The van der Waals surface area contributed by atoms with Crippen LogP contribution in [-0.2, 0) is 24.6 Å². The number of benzene rings is 3. The van der Waals surface area contributed by atoms with Crippen molar-refractivity contribution in [3.05, 3.63) is 120 Å². The molecule has 5 heteroatoms. The summed E-state index contributed by atoms with van der Waals surface area (Å²) in [5, 5.41) is 3.65. The first-order valence-corrected chi connectivity index (χ1v) is 12.2. The molecule has 0 radical (unpaired) electrons. The Kier molecular flexibility index (Phi) is 9.20. The molecule has 0 fully saturated rings. The predicted molar refractivity (Wildman–Crippen MR) is 142 cm³/mol. The fourth-order valence-electron chi connectivity index (χ4n) is 4.18. The first kappa shape index (κ1) is 26.9. The lowest BCUT2D eigenvalue weighted by molar-refractivity contribution is -0.158. The van der Waals surface area contributed by atoms with Crippen LogP contribution in [0.3, 0.4) is 0 Å². The van der Waals surface area contributed by atoms with Gasteiger partial charge in [-0.05, 0) is 43.9 Å². The van der Waals surface area contributed by atoms with E-state index in [0.717, 1.165) is 16.7 Å². The van der Waals surface area contributed by atoms with E-state index in [1.165, 1.54) is 6.08 Å². The molecule has 0 saturated carbocycles. The summed E-state index contributed by atoms with van der Waals surface area (Å²) >= 11 is 0. The first-order valence-electron chi connectivity index (χ1n) is 12.2. The van der Waals surface area contributed by atoms with Crippen LogP contribution < -0.4 is 5.32 Å². The molecule has 3 rings (SSSR count). The van der Waals surface area contributed by atoms with Crippen LogP contribution in [0, 0.1) is 0 Å². The quantitative estimate of drug-likeness (QED) is 0.212. The lowest BCUT2D eigenvalue weighted by Gasteiger charge is -2.40. The van der Waals surface area contributed by atoms with Gasteiger partial charge in [0.1, 0.15) is 18.2 Å². The Morgan fingerprint density at radius 2 is 1.28 bits per heavy atom. The molecule has 3 aromatic rings. The molecule has 0 unspecified atom stereocenters. The van der Waals surface area contributed by atoms with E-state index < -0.39 is 29.1 Å². The van der Waals surface area contributed by atoms with E-state index in [-0.39, 0.29) is 19.4 Å². The summed E-state index contributed by atoms with van der Waals surface area (Å²) < 4.78 is 11.0. The fourth-order valence-corrected chi connectivity index (χ4v) is 4.18. The maximum atomic E-state index is 13.5. The molecule has 1 N–H and O–H groups in total. The molecule has 0 spiro atoms. The highest BCUT2D eigenvalue weighted by molar-refractivity contribution is 5.78. The summed E-state index contributed by atoms with van der Waals surface area (Å²) in [6.07, 6.45) is 1.78. The number of hydrogen-bond acceptors (Lipinski definition) is 5. The maximum absolute atomic E-state index is 13.5. The molecule has 0 aliphatic rings. The molecule has 0 bridgehead atoms. The summed E-state index contributed by atoms with van der Waals surface area (Å²) in [6.45, 7) is 9.21. The Labute approximate surface area is 214 Å². The highest BCUT2D eigenvalue weighted by atomic mass is 16.6. The number of esters is 2. The summed E-state index contributed by atoms with van der Waals surface area (Å²) in [4.78, 5) is 25.8. The topological polar surface area (TPSA) is 64.6 Å². The Morgan fingerprint density at radius 3 is 1.67 bits per heavy atom. The third-order valence-corrected chi connectivity index (χ3v) is 5.70. The molecular weight excluding hydrogens is 450 g/mol. The second-order valence-corrected chi connectivity index (χ2v) is 9.59. The van der Waals surface area contributed by atoms with Gasteiger partial charge in [-0.15, -0.1) is 0 Å². The first-order chi connectivity index (χ1) is 17.3. The van der Waals surface area contributed by atoms with Crippen molar-refractivity contribution in [2.24, 2.45) is 0 Å². The van der Waals surface area contributed by atoms with Crippen molar-refractivity contribution < 1.29 is 19.1 Å². The maximum Gasteiger partial charge on any atom is 0.323 e. The van der Waals surface area contributed by atoms with Crippen molar-refractivity contribution in [1.82, 2.24) is 5.32 Å². The van der Waals surface area contributed by atoms with Gasteiger partial charge >= 0.3 is 11.9 Å². The molecule has 1 atom stereocenters. The van der Waals surface area contributed by atoms with Gasteiger partial charge in [-0.2, -0.15) is 0 Å². The van der Waals surface area contributed by atoms with Gasteiger partial charge in [0, 0.05) is 6.42 Å². The lowest BCUT2D eigenvalue weighted by Crippen LogP contribution is -2.54. The molecule has 0 saturated heterocycles. The van der Waals surface area contributed by atoms with E-state index >= 15 is 0 Å². The lowest BCUT2D eigenvalue weighted by atomic mass is 9.76. The standard InChI is InChI=1S/C31H35NO4/c1-5-23-35-28(33)22-21-27(29(34)36-30(2,3)4)32-31(24-15-9-6-10-16-24,25-17-11-7-12-18-25)26-19-13-8-14-20-26/h5-20,27,32H,1,21-23H2,2-4H3/t27-/m0/s1. The Morgan fingerprint density at radius 1 is 0.833 bits per heavy atom. The van der Waals surface area contributed by atoms with Crippen molar-refractivity contribution in [3.8, 4) is 0 Å². The Hall–Kier alpha value is -3.70. The molecule has 0 amide bonds. The Bertz CT molecular complexity index is 1020. The summed E-state index contributed by atoms with van der Waals surface area (Å²) in [7, 11) is 0. The van der Waals surface area contributed by atoms with E-state index in [1.54, 1.807) is 0 Å². The number of carbonyl (C=O) groups is 2. The van der Waals surface area contributed by atoms with Crippen LogP contribution >= 0.6 is 0 Å². The molecule has 0 aliphatic heterocycles. The minimum absolute atomic E-state index is 0.0548. The van der Waals surface area contributed by atoms with Gasteiger partial charge in [0.2, 0.25) is 0 Å². The van der Waals surface area contributed by atoms with Gasteiger partial charge < -0.3 is 9.47 Å². The van der Waals surface area contributed by atoms with Gasteiger partial charge in [-0.3, -0.25) is 14.9 Å². The zero-order valence-corrected chi connectivity index (χ0v) is 21.3. The summed E-state index contributed by atoms with van der Waals surface area (Å²) in [6, 6.07) is 29.2. The molecule has 0 aliphatic carbocycles. The van der Waals surface area contributed by atoms with Gasteiger partial charge in [0.25, 0.3) is 0 Å². The van der Waals surface area contributed by atoms with Crippen LogP contribution in [0.15, 0.2) is 104 Å². The number of rotatable bonds is 11. The normalized spacial score (nSPS) is 12.4. The van der Waals surface area contributed by atoms with Crippen molar-refractivity contribution in [3.63, 3.8) is 0 Å². The van der Waals surface area contributed by atoms with Gasteiger partial charge in [-0.25, -0.2) is 0 Å². The minimum atomic E-state index is -0.879. The molecule has 0 aromatic heterocycles. The van der Waals surface area contributed by atoms with Gasteiger partial charge in [0.15, 0.2) is 0 Å². The van der Waals surface area contributed by atoms with Crippen LogP contribution in [0.4, 0.5) is 0 Å². The van der Waals surface area contributed by atoms with E-state index in [9.17, 15) is 9.59 Å². The number of carbonyl (C=O) groups excluding carboxylic acids is 2. The van der Waals surface area contributed by atoms with Crippen molar-refractivity contribution in [2.75, 3.05) is 6.61 Å². The average molecular weight is 486 g/mol. The zero-order chi connectivity index (χ0) is 26.0. The molecule has 0 heterocycles. The minimum Gasteiger partial charge on any atom is -0.461 e. The van der Waals surface area contributed by atoms with Crippen LogP contribution in [0.1, 0.15) is 50.3 Å². The van der Waals surface area contributed by atoms with Crippen molar-refractivity contribution in [2.45, 2.75) is 50.8 Å². The second kappa shape index (κ2) is 12.3. The fraction of sp³-hybridized carbons (Fsp3) is 0.290. The van der Waals surface area contributed by atoms with E-state index in [1.807, 2.05) is 112 Å². The Balaban J connectivity index is 2.13. The van der Waals surface area contributed by atoms with Crippen LogP contribution in [-0.4, -0.2) is 30.2 Å². The van der Waals surface area contributed by atoms with Crippen molar-refractivity contribution >= 4 is 11.9 Å².